The average Bonchev–Trinajstić information content (AvgIpc) is 2.61. The molecule has 1 aliphatic heterocycles. The maximum atomic E-state index is 11.5. The van der Waals surface area contributed by atoms with Crippen LogP contribution in [0.5, 0.6) is 0 Å². The highest BCUT2D eigenvalue weighted by molar-refractivity contribution is 5.75. The summed E-state index contributed by atoms with van der Waals surface area (Å²) in [6.45, 7) is 2.05. The van der Waals surface area contributed by atoms with Gasteiger partial charge < -0.3 is 4.74 Å². The third kappa shape index (κ3) is 2.35. The van der Waals surface area contributed by atoms with Gasteiger partial charge in [0, 0.05) is 12.4 Å². The minimum absolute atomic E-state index is 0.0270. The van der Waals surface area contributed by atoms with Gasteiger partial charge in [0.05, 0.1) is 5.92 Å². The molecule has 0 unspecified atom stereocenters. The van der Waals surface area contributed by atoms with Gasteiger partial charge in [0.2, 0.25) is 0 Å². The van der Waals surface area contributed by atoms with E-state index in [0.29, 0.717) is 0 Å². The molecular formula is C12H15NO2. The molecule has 2 atom stereocenters. The Labute approximate surface area is 89.5 Å². The van der Waals surface area contributed by atoms with Crippen molar-refractivity contribution < 1.29 is 9.53 Å². The number of esters is 1. The summed E-state index contributed by atoms with van der Waals surface area (Å²) in [7, 11) is 0. The van der Waals surface area contributed by atoms with E-state index in [9.17, 15) is 4.79 Å². The molecule has 0 radical (unpaired) electrons. The lowest BCUT2D eigenvalue weighted by molar-refractivity contribution is -0.144. The molecule has 1 saturated heterocycles. The first-order chi connectivity index (χ1) is 7.29. The molecule has 0 spiro atoms. The molecule has 0 aliphatic carbocycles. The Morgan fingerprint density at radius 1 is 1.60 bits per heavy atom. The quantitative estimate of drug-likeness (QED) is 0.708. The summed E-state index contributed by atoms with van der Waals surface area (Å²) in [6, 6.07) is 3.90. The smallest absolute Gasteiger partial charge is 0.309 e. The summed E-state index contributed by atoms with van der Waals surface area (Å²) in [5.74, 6) is -0.0233. The number of aromatic nitrogens is 1. The highest BCUT2D eigenvalue weighted by Gasteiger charge is 2.33. The minimum atomic E-state index is -0.0503. The molecule has 0 aromatic carbocycles. The molecule has 0 bridgehead atoms. The van der Waals surface area contributed by atoms with E-state index in [2.05, 4.69) is 4.98 Å². The van der Waals surface area contributed by atoms with Crippen molar-refractivity contribution in [1.29, 1.82) is 0 Å². The van der Waals surface area contributed by atoms with E-state index in [1.54, 1.807) is 6.20 Å². The van der Waals surface area contributed by atoms with Crippen LogP contribution in [0.2, 0.25) is 0 Å². The van der Waals surface area contributed by atoms with E-state index in [4.69, 9.17) is 4.74 Å². The molecule has 3 nitrogen and oxygen atoms in total. The minimum Gasteiger partial charge on any atom is -0.462 e. The Morgan fingerprint density at radius 2 is 2.47 bits per heavy atom. The number of carbonyl (C=O) groups excluding carboxylic acids is 1. The number of hydrogen-bond acceptors (Lipinski definition) is 3. The molecule has 0 amide bonds. The Bertz CT molecular complexity index is 337. The first-order valence-electron chi connectivity index (χ1n) is 5.39. The molecule has 1 fully saturated rings. The molecule has 1 aromatic heterocycles. The van der Waals surface area contributed by atoms with Crippen molar-refractivity contribution >= 4 is 5.97 Å². The van der Waals surface area contributed by atoms with Crippen molar-refractivity contribution in [1.82, 2.24) is 4.98 Å². The largest absolute Gasteiger partial charge is 0.462 e. The van der Waals surface area contributed by atoms with Crippen molar-refractivity contribution in [2.45, 2.75) is 32.3 Å². The summed E-state index contributed by atoms with van der Waals surface area (Å²) < 4.78 is 5.24. The van der Waals surface area contributed by atoms with Gasteiger partial charge in [0.25, 0.3) is 0 Å². The Balaban J connectivity index is 1.99. The van der Waals surface area contributed by atoms with Gasteiger partial charge >= 0.3 is 5.97 Å². The van der Waals surface area contributed by atoms with Crippen LogP contribution in [0.4, 0.5) is 0 Å². The van der Waals surface area contributed by atoms with Crippen LogP contribution in [-0.2, 0) is 16.0 Å². The van der Waals surface area contributed by atoms with Gasteiger partial charge in [0.1, 0.15) is 6.10 Å². The number of hydrogen-bond donors (Lipinski definition) is 0. The average molecular weight is 205 g/mol. The fraction of sp³-hybridized carbons (Fsp3) is 0.500. The molecule has 1 aromatic rings. The van der Waals surface area contributed by atoms with Crippen molar-refractivity contribution in [3.63, 3.8) is 0 Å². The van der Waals surface area contributed by atoms with Crippen LogP contribution < -0.4 is 0 Å². The molecular weight excluding hydrogens is 190 g/mol. The summed E-state index contributed by atoms with van der Waals surface area (Å²) in [5, 5.41) is 0. The summed E-state index contributed by atoms with van der Waals surface area (Å²) in [6.07, 6.45) is 6.19. The van der Waals surface area contributed by atoms with Crippen LogP contribution >= 0.6 is 0 Å². The van der Waals surface area contributed by atoms with Gasteiger partial charge in [-0.25, -0.2) is 0 Å². The Kier molecular flexibility index (Phi) is 2.99. The zero-order valence-corrected chi connectivity index (χ0v) is 8.85. The van der Waals surface area contributed by atoms with E-state index >= 15 is 0 Å². The highest BCUT2D eigenvalue weighted by atomic mass is 16.5. The van der Waals surface area contributed by atoms with Crippen molar-refractivity contribution in [3.05, 3.63) is 30.1 Å². The number of nitrogens with zero attached hydrogens (tertiary/aromatic N) is 1. The maximum absolute atomic E-state index is 11.5. The number of pyridine rings is 1. The van der Waals surface area contributed by atoms with Crippen LogP contribution in [0.3, 0.4) is 0 Å². The first-order valence-corrected chi connectivity index (χ1v) is 5.39. The predicted octanol–water partition coefficient (Wildman–Crippen LogP) is 1.97. The second-order valence-corrected chi connectivity index (χ2v) is 3.97. The normalized spacial score (nSPS) is 25.3. The predicted molar refractivity (Wildman–Crippen MR) is 56.2 cm³/mol. The molecule has 0 saturated carbocycles. The zero-order valence-electron chi connectivity index (χ0n) is 8.85. The van der Waals surface area contributed by atoms with Crippen LogP contribution in [-0.4, -0.2) is 17.1 Å². The Morgan fingerprint density at radius 3 is 3.07 bits per heavy atom. The fourth-order valence-electron chi connectivity index (χ4n) is 1.94. The molecule has 80 valence electrons. The van der Waals surface area contributed by atoms with Crippen LogP contribution in [0.15, 0.2) is 24.5 Å². The van der Waals surface area contributed by atoms with Crippen molar-refractivity contribution in [3.8, 4) is 0 Å². The molecule has 3 heteroatoms. The molecule has 2 heterocycles. The summed E-state index contributed by atoms with van der Waals surface area (Å²) in [4.78, 5) is 15.5. The first kappa shape index (κ1) is 10.1. The SMILES string of the molecule is CC[C@@H]1C[C@@H](Cc2cccnc2)C(=O)O1. The van der Waals surface area contributed by atoms with Gasteiger partial charge in [-0.2, -0.15) is 0 Å². The lowest BCUT2D eigenvalue weighted by Crippen LogP contribution is -2.10. The van der Waals surface area contributed by atoms with E-state index in [1.165, 1.54) is 0 Å². The summed E-state index contributed by atoms with van der Waals surface area (Å²) >= 11 is 0. The number of carbonyl (C=O) groups is 1. The van der Waals surface area contributed by atoms with Gasteiger partial charge in [0.15, 0.2) is 0 Å². The molecule has 2 rings (SSSR count). The number of rotatable bonds is 3. The van der Waals surface area contributed by atoms with E-state index in [0.717, 1.165) is 24.8 Å². The van der Waals surface area contributed by atoms with Gasteiger partial charge in [-0.05, 0) is 30.9 Å². The molecule has 1 aliphatic rings. The third-order valence-electron chi connectivity index (χ3n) is 2.82. The number of cyclic esters (lactones) is 1. The van der Waals surface area contributed by atoms with Crippen molar-refractivity contribution in [2.24, 2.45) is 5.92 Å². The third-order valence-corrected chi connectivity index (χ3v) is 2.82. The maximum Gasteiger partial charge on any atom is 0.309 e. The summed E-state index contributed by atoms with van der Waals surface area (Å²) in [5.41, 5.74) is 1.11. The molecule has 0 N–H and O–H groups in total. The highest BCUT2D eigenvalue weighted by Crippen LogP contribution is 2.26. The van der Waals surface area contributed by atoms with Gasteiger partial charge in [-0.15, -0.1) is 0 Å². The number of ether oxygens (including phenoxy) is 1. The van der Waals surface area contributed by atoms with Crippen LogP contribution in [0.1, 0.15) is 25.3 Å². The van der Waals surface area contributed by atoms with Crippen LogP contribution in [0.25, 0.3) is 0 Å². The zero-order chi connectivity index (χ0) is 10.7. The van der Waals surface area contributed by atoms with Gasteiger partial charge in [-0.1, -0.05) is 13.0 Å². The lowest BCUT2D eigenvalue weighted by atomic mass is 9.96. The monoisotopic (exact) mass is 205 g/mol. The second kappa shape index (κ2) is 4.43. The van der Waals surface area contributed by atoms with Crippen LogP contribution in [0, 0.1) is 5.92 Å². The second-order valence-electron chi connectivity index (χ2n) is 3.97. The van der Waals surface area contributed by atoms with E-state index in [-0.39, 0.29) is 18.0 Å². The standard InChI is InChI=1S/C12H15NO2/c1-2-11-7-10(12(14)15-11)6-9-4-3-5-13-8-9/h3-5,8,10-11H,2,6-7H2,1H3/t10-,11-/m1/s1. The van der Waals surface area contributed by atoms with E-state index in [1.807, 2.05) is 25.3 Å². The van der Waals surface area contributed by atoms with Gasteiger partial charge in [-0.3, -0.25) is 9.78 Å². The molecule has 15 heavy (non-hydrogen) atoms. The fourth-order valence-corrected chi connectivity index (χ4v) is 1.94. The topological polar surface area (TPSA) is 39.2 Å². The lowest BCUT2D eigenvalue weighted by Gasteiger charge is -2.04. The Hall–Kier alpha value is -1.38. The van der Waals surface area contributed by atoms with E-state index < -0.39 is 0 Å². The van der Waals surface area contributed by atoms with Crippen molar-refractivity contribution in [2.75, 3.05) is 0 Å².